The molecule has 0 aromatic heterocycles. The molecular weight excluding hydrogens is 797 g/mol. The third kappa shape index (κ3) is 43.1. The highest BCUT2D eigenvalue weighted by atomic mass is 16.5. The molecule has 7 nitrogen and oxygen atoms in total. The molecule has 0 amide bonds. The van der Waals surface area contributed by atoms with Gasteiger partial charge in [0.05, 0.1) is 12.2 Å². The van der Waals surface area contributed by atoms with Gasteiger partial charge in [-0.25, -0.2) is 0 Å². The summed E-state index contributed by atoms with van der Waals surface area (Å²) in [7, 11) is 0. The molecule has 64 heavy (non-hydrogen) atoms. The van der Waals surface area contributed by atoms with Gasteiger partial charge in [-0.1, -0.05) is 220 Å². The van der Waals surface area contributed by atoms with Gasteiger partial charge in [0.15, 0.2) is 5.78 Å². The highest BCUT2D eigenvalue weighted by molar-refractivity contribution is 5.86. The lowest BCUT2D eigenvalue weighted by molar-refractivity contribution is -0.150. The molecule has 0 heterocycles. The van der Waals surface area contributed by atoms with Gasteiger partial charge in [0.25, 0.3) is 0 Å². The molecular formula is C57H110O7. The normalized spacial score (nSPS) is 13.3. The third-order valence-electron chi connectivity index (χ3n) is 13.6. The Hall–Kier alpha value is -1.47. The largest absolute Gasteiger partial charge is 0.481 e. The second kappa shape index (κ2) is 46.6. The van der Waals surface area contributed by atoms with Crippen LogP contribution in [0.5, 0.6) is 0 Å². The fourth-order valence-electron chi connectivity index (χ4n) is 9.24. The maximum atomic E-state index is 13.3. The van der Waals surface area contributed by atoms with E-state index in [-0.39, 0.29) is 36.5 Å². The lowest BCUT2D eigenvalue weighted by Gasteiger charge is -2.30. The zero-order valence-electron chi connectivity index (χ0n) is 43.5. The lowest BCUT2D eigenvalue weighted by Crippen LogP contribution is -2.38. The van der Waals surface area contributed by atoms with Crippen LogP contribution in [0.3, 0.4) is 0 Å². The minimum Gasteiger partial charge on any atom is -0.481 e. The van der Waals surface area contributed by atoms with Gasteiger partial charge in [0.1, 0.15) is 11.7 Å². The average molecular weight is 907 g/mol. The van der Waals surface area contributed by atoms with Gasteiger partial charge in [-0.3, -0.25) is 14.4 Å². The van der Waals surface area contributed by atoms with Crippen molar-refractivity contribution in [2.45, 2.75) is 347 Å². The molecule has 0 spiro atoms. The van der Waals surface area contributed by atoms with E-state index in [9.17, 15) is 19.5 Å². The van der Waals surface area contributed by atoms with Gasteiger partial charge < -0.3 is 19.7 Å². The smallest absolute Gasteiger partial charge is 0.306 e. The van der Waals surface area contributed by atoms with Crippen molar-refractivity contribution in [3.8, 4) is 0 Å². The molecule has 0 rings (SSSR count). The van der Waals surface area contributed by atoms with Crippen LogP contribution in [-0.4, -0.2) is 51.8 Å². The van der Waals surface area contributed by atoms with Crippen molar-refractivity contribution in [2.75, 3.05) is 0 Å². The number of aliphatic carboxylic acids is 1. The Bertz CT molecular complexity index is 1030. The van der Waals surface area contributed by atoms with Crippen LogP contribution in [0.2, 0.25) is 0 Å². The summed E-state index contributed by atoms with van der Waals surface area (Å²) in [5.74, 6) is -0.437. The van der Waals surface area contributed by atoms with Gasteiger partial charge in [0, 0.05) is 19.3 Å². The summed E-state index contributed by atoms with van der Waals surface area (Å²) < 4.78 is 12.7. The molecule has 0 radical (unpaired) electrons. The fourth-order valence-corrected chi connectivity index (χ4v) is 9.24. The van der Waals surface area contributed by atoms with E-state index in [0.29, 0.717) is 12.8 Å². The zero-order valence-corrected chi connectivity index (χ0v) is 43.5. The van der Waals surface area contributed by atoms with Crippen molar-refractivity contribution in [3.63, 3.8) is 0 Å². The molecule has 0 bridgehead atoms. The Morgan fingerprint density at radius 3 is 1.06 bits per heavy atom. The van der Waals surface area contributed by atoms with Crippen molar-refractivity contribution in [2.24, 2.45) is 0 Å². The van der Waals surface area contributed by atoms with E-state index in [0.717, 1.165) is 109 Å². The van der Waals surface area contributed by atoms with Crippen LogP contribution >= 0.6 is 0 Å². The van der Waals surface area contributed by atoms with E-state index < -0.39 is 11.6 Å². The zero-order chi connectivity index (χ0) is 47.2. The minimum atomic E-state index is -0.716. The number of aliphatic hydroxyl groups is 1. The second-order valence-electron chi connectivity index (χ2n) is 20.5. The number of hydrogen-bond donors (Lipinski definition) is 2. The number of Topliss-reactive ketones (excluding diaryl/α,β-unsaturated/α-hetero) is 1. The van der Waals surface area contributed by atoms with Gasteiger partial charge in [-0.15, -0.1) is 0 Å². The molecule has 0 aliphatic rings. The van der Waals surface area contributed by atoms with E-state index in [4.69, 9.17) is 14.6 Å². The number of rotatable bonds is 52. The topological polar surface area (TPSA) is 110 Å². The Morgan fingerprint density at radius 2 is 0.688 bits per heavy atom. The first-order valence-corrected chi connectivity index (χ1v) is 28.4. The summed E-state index contributed by atoms with van der Waals surface area (Å²) in [5.41, 5.74) is -0.716. The first kappa shape index (κ1) is 62.5. The van der Waals surface area contributed by atoms with E-state index in [1.165, 1.54) is 161 Å². The molecule has 7 heteroatoms. The predicted octanol–water partition coefficient (Wildman–Crippen LogP) is 17.7. The van der Waals surface area contributed by atoms with Crippen molar-refractivity contribution in [1.29, 1.82) is 0 Å². The number of carboxylic acid groups (broad SMARTS) is 1. The first-order chi connectivity index (χ1) is 31.0. The standard InChI is InChI=1S/C57H110O7/c1-6-9-12-33-42-51(58)43-34-27-21-15-18-24-30-39-48-54(59)57(4,5)64-53(46-36-14-11-8-3)47-38-29-23-17-20-26-32-41-50-56(62)63-52(44-35-13-10-7-2)45-37-28-22-16-19-25-31-40-49-55(60)61/h51-53,58H,6-50H2,1-5H3,(H,60,61). The highest BCUT2D eigenvalue weighted by Gasteiger charge is 2.30. The molecule has 0 fully saturated rings. The Kier molecular flexibility index (Phi) is 45.6. The summed E-state index contributed by atoms with van der Waals surface area (Å²) >= 11 is 0. The number of unbranched alkanes of at least 4 members (excludes halogenated alkanes) is 30. The molecule has 380 valence electrons. The Balaban J connectivity index is 4.27. The molecule has 0 aromatic carbocycles. The van der Waals surface area contributed by atoms with Gasteiger partial charge in [-0.05, 0) is 84.5 Å². The van der Waals surface area contributed by atoms with Crippen LogP contribution in [0, 0.1) is 0 Å². The number of esters is 1. The molecule has 0 aliphatic heterocycles. The summed E-state index contributed by atoms with van der Waals surface area (Å²) in [5, 5.41) is 19.0. The predicted molar refractivity (Wildman–Crippen MR) is 272 cm³/mol. The van der Waals surface area contributed by atoms with Crippen LogP contribution in [0.1, 0.15) is 324 Å². The number of ketones is 1. The number of carboxylic acids is 1. The van der Waals surface area contributed by atoms with Crippen LogP contribution in [0.4, 0.5) is 0 Å². The van der Waals surface area contributed by atoms with E-state index in [1.807, 2.05) is 13.8 Å². The molecule has 3 unspecified atom stereocenters. The molecule has 0 aliphatic carbocycles. The third-order valence-corrected chi connectivity index (χ3v) is 13.6. The van der Waals surface area contributed by atoms with Gasteiger partial charge >= 0.3 is 11.9 Å². The monoisotopic (exact) mass is 907 g/mol. The molecule has 0 saturated carbocycles. The van der Waals surface area contributed by atoms with Crippen LogP contribution in [0.25, 0.3) is 0 Å². The highest BCUT2D eigenvalue weighted by Crippen LogP contribution is 2.25. The molecule has 3 atom stereocenters. The van der Waals surface area contributed by atoms with Crippen LogP contribution in [-0.2, 0) is 23.9 Å². The maximum Gasteiger partial charge on any atom is 0.306 e. The van der Waals surface area contributed by atoms with Crippen molar-refractivity contribution >= 4 is 17.7 Å². The molecule has 0 saturated heterocycles. The van der Waals surface area contributed by atoms with Gasteiger partial charge in [0.2, 0.25) is 0 Å². The second-order valence-corrected chi connectivity index (χ2v) is 20.5. The molecule has 2 N–H and O–H groups in total. The first-order valence-electron chi connectivity index (χ1n) is 28.4. The fraction of sp³-hybridized carbons (Fsp3) is 0.947. The van der Waals surface area contributed by atoms with E-state index in [1.54, 1.807) is 0 Å². The van der Waals surface area contributed by atoms with Crippen molar-refractivity contribution in [1.82, 2.24) is 0 Å². The van der Waals surface area contributed by atoms with E-state index >= 15 is 0 Å². The number of carbonyl (C=O) groups excluding carboxylic acids is 2. The number of carbonyl (C=O) groups is 3. The SMILES string of the molecule is CCCCCCC(O)CCCCCCCCCCC(=O)C(C)(C)OC(CCCCCC)CCCCCCCCCCC(=O)OC(CCCCCC)CCCCCCCCCCC(=O)O. The van der Waals surface area contributed by atoms with Crippen LogP contribution < -0.4 is 0 Å². The molecule has 0 aromatic rings. The summed E-state index contributed by atoms with van der Waals surface area (Å²) in [6.45, 7) is 10.7. The summed E-state index contributed by atoms with van der Waals surface area (Å²) in [4.78, 5) is 36.8. The Labute approximate surface area is 397 Å². The van der Waals surface area contributed by atoms with Gasteiger partial charge in [-0.2, -0.15) is 0 Å². The van der Waals surface area contributed by atoms with E-state index in [2.05, 4.69) is 20.8 Å². The summed E-state index contributed by atoms with van der Waals surface area (Å²) in [6.07, 6.45) is 49.8. The van der Waals surface area contributed by atoms with Crippen molar-refractivity contribution in [3.05, 3.63) is 0 Å². The number of hydrogen-bond acceptors (Lipinski definition) is 6. The number of aliphatic hydroxyl groups excluding tert-OH is 1. The minimum absolute atomic E-state index is 0.00735. The Morgan fingerprint density at radius 1 is 0.391 bits per heavy atom. The number of ether oxygens (including phenoxy) is 2. The quantitative estimate of drug-likeness (QED) is 0.0462. The average Bonchev–Trinajstić information content (AvgIpc) is 3.26. The maximum absolute atomic E-state index is 13.3. The summed E-state index contributed by atoms with van der Waals surface area (Å²) in [6, 6.07) is 0. The van der Waals surface area contributed by atoms with Crippen LogP contribution in [0.15, 0.2) is 0 Å². The van der Waals surface area contributed by atoms with Crippen molar-refractivity contribution < 1.29 is 34.1 Å². The lowest BCUT2D eigenvalue weighted by atomic mass is 9.95.